The minimum absolute atomic E-state index is 0.150. The Morgan fingerprint density at radius 1 is 1.25 bits per heavy atom. The molecule has 2 aromatic heterocycles. The summed E-state index contributed by atoms with van der Waals surface area (Å²) in [6, 6.07) is 10.6. The summed E-state index contributed by atoms with van der Waals surface area (Å²) in [6.07, 6.45) is 1.40. The van der Waals surface area contributed by atoms with Crippen LogP contribution in [-0.4, -0.2) is 33.5 Å². The molecule has 0 saturated heterocycles. The molecule has 2 heterocycles. The molecule has 24 heavy (non-hydrogen) atoms. The molecule has 0 radical (unpaired) electrons. The molecule has 0 saturated carbocycles. The number of hydrogen-bond acceptors (Lipinski definition) is 5. The molecule has 0 atom stereocenters. The molecular formula is C17H16N4O3. The first kappa shape index (κ1) is 15.7. The molecule has 1 N–H and O–H groups in total. The van der Waals surface area contributed by atoms with E-state index >= 15 is 0 Å². The number of imidazole rings is 1. The molecule has 0 aliphatic heterocycles. The van der Waals surface area contributed by atoms with E-state index in [1.165, 1.54) is 25.4 Å². The van der Waals surface area contributed by atoms with Crippen LogP contribution in [-0.2, 0) is 18.3 Å². The average Bonchev–Trinajstić information content (AvgIpc) is 2.95. The largest absolute Gasteiger partial charge is 0.465 e. The fourth-order valence-electron chi connectivity index (χ4n) is 2.40. The summed E-state index contributed by atoms with van der Waals surface area (Å²) in [4.78, 5) is 32.2. The van der Waals surface area contributed by atoms with Crippen molar-refractivity contribution in [3.05, 3.63) is 59.7 Å². The maximum absolute atomic E-state index is 12.2. The van der Waals surface area contributed by atoms with Gasteiger partial charge in [0.25, 0.3) is 5.91 Å². The SMILES string of the molecule is COC(=O)c1ccnc(C(=O)NCc2nc3ccccc3n2C)c1. The number of fused-ring (bicyclic) bond motifs is 1. The smallest absolute Gasteiger partial charge is 0.337 e. The van der Waals surface area contributed by atoms with Gasteiger partial charge in [0.2, 0.25) is 0 Å². The van der Waals surface area contributed by atoms with Gasteiger partial charge in [0, 0.05) is 13.2 Å². The highest BCUT2D eigenvalue weighted by Crippen LogP contribution is 2.14. The highest BCUT2D eigenvalue weighted by Gasteiger charge is 2.13. The average molecular weight is 324 g/mol. The molecular weight excluding hydrogens is 308 g/mol. The van der Waals surface area contributed by atoms with Crippen molar-refractivity contribution in [1.82, 2.24) is 19.9 Å². The third kappa shape index (κ3) is 2.96. The summed E-state index contributed by atoms with van der Waals surface area (Å²) >= 11 is 0. The van der Waals surface area contributed by atoms with Gasteiger partial charge in [0.1, 0.15) is 11.5 Å². The fourth-order valence-corrected chi connectivity index (χ4v) is 2.40. The summed E-state index contributed by atoms with van der Waals surface area (Å²) in [5, 5.41) is 2.76. The Kier molecular flexibility index (Phi) is 4.24. The standard InChI is InChI=1S/C17H16N4O3/c1-21-14-6-4-3-5-12(14)20-15(21)10-19-16(22)13-9-11(7-8-18-13)17(23)24-2/h3-9H,10H2,1-2H3,(H,19,22). The number of rotatable bonds is 4. The lowest BCUT2D eigenvalue weighted by molar-refractivity contribution is 0.0600. The van der Waals surface area contributed by atoms with Crippen molar-refractivity contribution in [3.63, 3.8) is 0 Å². The van der Waals surface area contributed by atoms with Crippen molar-refractivity contribution in [1.29, 1.82) is 0 Å². The van der Waals surface area contributed by atoms with E-state index < -0.39 is 5.97 Å². The molecule has 122 valence electrons. The van der Waals surface area contributed by atoms with Crippen molar-refractivity contribution >= 4 is 22.9 Å². The first-order valence-electron chi connectivity index (χ1n) is 7.33. The van der Waals surface area contributed by atoms with Gasteiger partial charge in [-0.3, -0.25) is 9.78 Å². The van der Waals surface area contributed by atoms with Crippen LogP contribution in [0.3, 0.4) is 0 Å². The van der Waals surface area contributed by atoms with Crippen molar-refractivity contribution in [2.24, 2.45) is 7.05 Å². The van der Waals surface area contributed by atoms with Gasteiger partial charge in [-0.05, 0) is 24.3 Å². The quantitative estimate of drug-likeness (QED) is 0.738. The van der Waals surface area contributed by atoms with Crippen LogP contribution >= 0.6 is 0 Å². The molecule has 0 spiro atoms. The number of nitrogens with one attached hydrogen (secondary N) is 1. The topological polar surface area (TPSA) is 86.1 Å². The lowest BCUT2D eigenvalue weighted by atomic mass is 10.2. The van der Waals surface area contributed by atoms with Crippen molar-refractivity contribution in [3.8, 4) is 0 Å². The highest BCUT2D eigenvalue weighted by molar-refractivity contribution is 5.96. The van der Waals surface area contributed by atoms with E-state index in [2.05, 4.69) is 20.0 Å². The minimum Gasteiger partial charge on any atom is -0.465 e. The van der Waals surface area contributed by atoms with Gasteiger partial charge in [0.05, 0.1) is 30.3 Å². The number of para-hydroxylation sites is 2. The molecule has 0 aliphatic rings. The van der Waals surface area contributed by atoms with Gasteiger partial charge in [-0.25, -0.2) is 9.78 Å². The number of hydrogen-bond donors (Lipinski definition) is 1. The molecule has 1 amide bonds. The first-order chi connectivity index (χ1) is 11.6. The molecule has 0 unspecified atom stereocenters. The number of carbonyl (C=O) groups is 2. The van der Waals surface area contributed by atoms with Gasteiger partial charge in [-0.15, -0.1) is 0 Å². The lowest BCUT2D eigenvalue weighted by Gasteiger charge is -2.06. The Labute approximate surface area is 138 Å². The number of pyridine rings is 1. The number of methoxy groups -OCH3 is 1. The molecule has 3 rings (SSSR count). The van der Waals surface area contributed by atoms with Crippen molar-refractivity contribution < 1.29 is 14.3 Å². The lowest BCUT2D eigenvalue weighted by Crippen LogP contribution is -2.25. The summed E-state index contributed by atoms with van der Waals surface area (Å²) in [5.74, 6) is -0.164. The van der Waals surface area contributed by atoms with E-state index in [0.29, 0.717) is 0 Å². The summed E-state index contributed by atoms with van der Waals surface area (Å²) in [5.41, 5.74) is 2.29. The number of carbonyl (C=O) groups excluding carboxylic acids is 2. The van der Waals surface area contributed by atoms with Crippen LogP contribution < -0.4 is 5.32 Å². The van der Waals surface area contributed by atoms with Crippen LogP contribution in [0.15, 0.2) is 42.6 Å². The molecule has 3 aromatic rings. The molecule has 0 fully saturated rings. The Balaban J connectivity index is 1.75. The predicted molar refractivity (Wildman–Crippen MR) is 87.5 cm³/mol. The first-order valence-corrected chi connectivity index (χ1v) is 7.33. The zero-order valence-electron chi connectivity index (χ0n) is 13.3. The Bertz CT molecular complexity index is 917. The van der Waals surface area contributed by atoms with Crippen LogP contribution in [0.1, 0.15) is 26.7 Å². The minimum atomic E-state index is -0.512. The number of aryl methyl sites for hydroxylation is 1. The second kappa shape index (κ2) is 6.49. The number of amides is 1. The fraction of sp³-hybridized carbons (Fsp3) is 0.176. The van der Waals surface area contributed by atoms with E-state index in [0.717, 1.165) is 16.9 Å². The molecule has 0 bridgehead atoms. The molecule has 0 aliphatic carbocycles. The third-order valence-corrected chi connectivity index (χ3v) is 3.70. The second-order valence-corrected chi connectivity index (χ2v) is 5.18. The molecule has 7 heteroatoms. The van der Waals surface area contributed by atoms with Gasteiger partial charge in [-0.1, -0.05) is 12.1 Å². The van der Waals surface area contributed by atoms with Crippen LogP contribution in [0.4, 0.5) is 0 Å². The summed E-state index contributed by atoms with van der Waals surface area (Å²) in [7, 11) is 3.18. The Morgan fingerprint density at radius 3 is 2.79 bits per heavy atom. The number of nitrogens with zero attached hydrogens (tertiary/aromatic N) is 3. The maximum Gasteiger partial charge on any atom is 0.337 e. The van der Waals surface area contributed by atoms with Crippen LogP contribution in [0.5, 0.6) is 0 Å². The Morgan fingerprint density at radius 2 is 2.04 bits per heavy atom. The molecule has 1 aromatic carbocycles. The predicted octanol–water partition coefficient (Wildman–Crippen LogP) is 1.68. The number of ether oxygens (including phenoxy) is 1. The van der Waals surface area contributed by atoms with E-state index in [1.54, 1.807) is 0 Å². The van der Waals surface area contributed by atoms with Gasteiger partial charge in [0.15, 0.2) is 0 Å². The van der Waals surface area contributed by atoms with Crippen molar-refractivity contribution in [2.75, 3.05) is 7.11 Å². The summed E-state index contributed by atoms with van der Waals surface area (Å²) in [6.45, 7) is 0.258. The highest BCUT2D eigenvalue weighted by atomic mass is 16.5. The van der Waals surface area contributed by atoms with E-state index in [-0.39, 0.29) is 23.7 Å². The van der Waals surface area contributed by atoms with E-state index in [4.69, 9.17) is 0 Å². The zero-order valence-corrected chi connectivity index (χ0v) is 13.3. The zero-order chi connectivity index (χ0) is 17.1. The van der Waals surface area contributed by atoms with E-state index in [1.807, 2.05) is 35.9 Å². The van der Waals surface area contributed by atoms with Gasteiger partial charge in [-0.2, -0.15) is 0 Å². The van der Waals surface area contributed by atoms with E-state index in [9.17, 15) is 9.59 Å². The maximum atomic E-state index is 12.2. The number of aromatic nitrogens is 3. The third-order valence-electron chi connectivity index (χ3n) is 3.70. The Hall–Kier alpha value is -3.22. The second-order valence-electron chi connectivity index (χ2n) is 5.18. The van der Waals surface area contributed by atoms with Crippen molar-refractivity contribution in [2.45, 2.75) is 6.54 Å². The van der Waals surface area contributed by atoms with Crippen LogP contribution in [0, 0.1) is 0 Å². The summed E-state index contributed by atoms with van der Waals surface area (Å²) < 4.78 is 6.56. The van der Waals surface area contributed by atoms with Crippen LogP contribution in [0.2, 0.25) is 0 Å². The van der Waals surface area contributed by atoms with Crippen LogP contribution in [0.25, 0.3) is 11.0 Å². The van der Waals surface area contributed by atoms with Gasteiger partial charge >= 0.3 is 5.97 Å². The number of esters is 1. The van der Waals surface area contributed by atoms with Gasteiger partial charge < -0.3 is 14.6 Å². The number of benzene rings is 1. The normalized spacial score (nSPS) is 10.6. The monoisotopic (exact) mass is 324 g/mol. The molecule has 7 nitrogen and oxygen atoms in total.